The normalized spacial score (nSPS) is 16.6. The van der Waals surface area contributed by atoms with Gasteiger partial charge in [-0.25, -0.2) is 0 Å². The second-order valence-corrected chi connectivity index (χ2v) is 3.28. The Labute approximate surface area is 76.4 Å². The van der Waals surface area contributed by atoms with Gasteiger partial charge in [0.05, 0.1) is 6.10 Å². The van der Waals surface area contributed by atoms with Gasteiger partial charge in [0.1, 0.15) is 0 Å². The summed E-state index contributed by atoms with van der Waals surface area (Å²) in [5.74, 6) is -0.0212. The van der Waals surface area contributed by atoms with E-state index in [1.807, 2.05) is 6.07 Å². The Balaban J connectivity index is 2.45. The summed E-state index contributed by atoms with van der Waals surface area (Å²) in [6, 6.07) is 5.42. The van der Waals surface area contributed by atoms with Crippen LogP contribution < -0.4 is 5.32 Å². The van der Waals surface area contributed by atoms with Crippen LogP contribution in [0.25, 0.3) is 0 Å². The van der Waals surface area contributed by atoms with Crippen LogP contribution in [0.1, 0.15) is 34.5 Å². The summed E-state index contributed by atoms with van der Waals surface area (Å²) < 4.78 is 0. The van der Waals surface area contributed by atoms with Crippen molar-refractivity contribution >= 4 is 5.91 Å². The van der Waals surface area contributed by atoms with Crippen molar-refractivity contribution in [1.29, 1.82) is 0 Å². The summed E-state index contributed by atoms with van der Waals surface area (Å²) in [6.07, 6.45) is -0.471. The summed E-state index contributed by atoms with van der Waals surface area (Å²) in [5.41, 5.74) is 2.56. The van der Waals surface area contributed by atoms with E-state index >= 15 is 0 Å². The van der Waals surface area contributed by atoms with E-state index in [9.17, 15) is 9.90 Å². The van der Waals surface area contributed by atoms with Gasteiger partial charge in [-0.1, -0.05) is 12.1 Å². The summed E-state index contributed by atoms with van der Waals surface area (Å²) in [4.78, 5) is 11.2. The Morgan fingerprint density at radius 1 is 1.54 bits per heavy atom. The van der Waals surface area contributed by atoms with Crippen molar-refractivity contribution < 1.29 is 9.90 Å². The molecule has 1 amide bonds. The molecule has 2 N–H and O–H groups in total. The summed E-state index contributed by atoms with van der Waals surface area (Å²) >= 11 is 0. The van der Waals surface area contributed by atoms with Crippen molar-refractivity contribution in [2.75, 3.05) is 0 Å². The first kappa shape index (κ1) is 8.26. The van der Waals surface area contributed by atoms with Crippen LogP contribution >= 0.6 is 0 Å². The lowest BCUT2D eigenvalue weighted by atomic mass is 10.0. The lowest BCUT2D eigenvalue weighted by Gasteiger charge is -2.05. The lowest BCUT2D eigenvalue weighted by Crippen LogP contribution is -2.12. The molecule has 0 bridgehead atoms. The molecule has 0 saturated heterocycles. The van der Waals surface area contributed by atoms with Gasteiger partial charge in [0, 0.05) is 12.1 Å². The molecule has 0 saturated carbocycles. The number of rotatable bonds is 1. The number of fused-ring (bicyclic) bond motifs is 1. The van der Waals surface area contributed by atoms with E-state index in [1.54, 1.807) is 19.1 Å². The first-order valence-corrected chi connectivity index (χ1v) is 4.27. The summed E-state index contributed by atoms with van der Waals surface area (Å²) in [5, 5.41) is 12.0. The van der Waals surface area contributed by atoms with Crippen LogP contribution in [0.2, 0.25) is 0 Å². The van der Waals surface area contributed by atoms with Gasteiger partial charge in [0.15, 0.2) is 0 Å². The quantitative estimate of drug-likeness (QED) is 0.671. The fraction of sp³-hybridized carbons (Fsp3) is 0.300. The van der Waals surface area contributed by atoms with E-state index in [4.69, 9.17) is 0 Å². The molecule has 3 heteroatoms. The highest BCUT2D eigenvalue weighted by Gasteiger charge is 2.18. The van der Waals surface area contributed by atoms with Crippen molar-refractivity contribution in [2.24, 2.45) is 0 Å². The molecule has 2 rings (SSSR count). The minimum absolute atomic E-state index is 0.0212. The highest BCUT2D eigenvalue weighted by molar-refractivity contribution is 5.98. The van der Waals surface area contributed by atoms with E-state index in [1.165, 1.54) is 0 Å². The maximum atomic E-state index is 11.2. The molecule has 0 aliphatic carbocycles. The van der Waals surface area contributed by atoms with Crippen LogP contribution in [-0.4, -0.2) is 11.0 Å². The average Bonchev–Trinajstić information content (AvgIpc) is 2.47. The Kier molecular flexibility index (Phi) is 1.81. The minimum atomic E-state index is -0.471. The SMILES string of the molecule is CC(O)c1ccc2c(c1)CNC2=O. The number of aliphatic hydroxyl groups is 1. The molecule has 0 radical (unpaired) electrons. The number of amides is 1. The fourth-order valence-corrected chi connectivity index (χ4v) is 1.51. The number of hydrogen-bond acceptors (Lipinski definition) is 2. The Morgan fingerprint density at radius 3 is 3.00 bits per heavy atom. The molecule has 0 spiro atoms. The molecule has 1 aromatic rings. The number of carbonyl (C=O) groups excluding carboxylic acids is 1. The largest absolute Gasteiger partial charge is 0.389 e. The van der Waals surface area contributed by atoms with Gasteiger partial charge in [-0.05, 0) is 24.1 Å². The number of aliphatic hydroxyl groups excluding tert-OH is 1. The molecule has 1 atom stereocenters. The maximum absolute atomic E-state index is 11.2. The molecule has 68 valence electrons. The van der Waals surface area contributed by atoms with Crippen LogP contribution in [0, 0.1) is 0 Å². The molecule has 0 fully saturated rings. The van der Waals surface area contributed by atoms with Crippen molar-refractivity contribution in [3.63, 3.8) is 0 Å². The number of nitrogens with one attached hydrogen (secondary N) is 1. The van der Waals surface area contributed by atoms with E-state index < -0.39 is 6.10 Å². The van der Waals surface area contributed by atoms with Gasteiger partial charge in [0.25, 0.3) is 5.91 Å². The van der Waals surface area contributed by atoms with Gasteiger partial charge in [0.2, 0.25) is 0 Å². The van der Waals surface area contributed by atoms with Crippen molar-refractivity contribution in [1.82, 2.24) is 5.32 Å². The number of carbonyl (C=O) groups is 1. The minimum Gasteiger partial charge on any atom is -0.389 e. The second-order valence-electron chi connectivity index (χ2n) is 3.28. The highest BCUT2D eigenvalue weighted by Crippen LogP contribution is 2.20. The van der Waals surface area contributed by atoms with Crippen LogP contribution in [0.4, 0.5) is 0 Å². The zero-order valence-electron chi connectivity index (χ0n) is 7.37. The first-order chi connectivity index (χ1) is 6.18. The molecule has 1 aliphatic heterocycles. The van der Waals surface area contributed by atoms with Crippen LogP contribution in [0.15, 0.2) is 18.2 Å². The standard InChI is InChI=1S/C10H11NO2/c1-6(12)7-2-3-9-8(4-7)5-11-10(9)13/h2-4,6,12H,5H2,1H3,(H,11,13). The molecular weight excluding hydrogens is 166 g/mol. The van der Waals surface area contributed by atoms with E-state index in [2.05, 4.69) is 5.32 Å². The molecule has 1 aliphatic rings. The Hall–Kier alpha value is -1.35. The van der Waals surface area contributed by atoms with E-state index in [-0.39, 0.29) is 5.91 Å². The molecule has 3 nitrogen and oxygen atoms in total. The van der Waals surface area contributed by atoms with E-state index in [0.717, 1.165) is 16.7 Å². The average molecular weight is 177 g/mol. The van der Waals surface area contributed by atoms with Gasteiger partial charge < -0.3 is 10.4 Å². The molecule has 13 heavy (non-hydrogen) atoms. The lowest BCUT2D eigenvalue weighted by molar-refractivity contribution is 0.0965. The van der Waals surface area contributed by atoms with Crippen LogP contribution in [-0.2, 0) is 6.54 Å². The topological polar surface area (TPSA) is 49.3 Å². The van der Waals surface area contributed by atoms with Crippen molar-refractivity contribution in [2.45, 2.75) is 19.6 Å². The van der Waals surface area contributed by atoms with Gasteiger partial charge in [-0.2, -0.15) is 0 Å². The molecule has 1 unspecified atom stereocenters. The molecule has 1 heterocycles. The molecule has 0 aromatic heterocycles. The van der Waals surface area contributed by atoms with Gasteiger partial charge >= 0.3 is 0 Å². The second kappa shape index (κ2) is 2.85. The monoisotopic (exact) mass is 177 g/mol. The van der Waals surface area contributed by atoms with E-state index in [0.29, 0.717) is 6.54 Å². The third-order valence-corrected chi connectivity index (χ3v) is 2.30. The third-order valence-electron chi connectivity index (χ3n) is 2.30. The first-order valence-electron chi connectivity index (χ1n) is 4.27. The zero-order valence-corrected chi connectivity index (χ0v) is 7.37. The summed E-state index contributed by atoms with van der Waals surface area (Å²) in [7, 11) is 0. The highest BCUT2D eigenvalue weighted by atomic mass is 16.3. The number of hydrogen-bond donors (Lipinski definition) is 2. The van der Waals surface area contributed by atoms with Gasteiger partial charge in [-0.15, -0.1) is 0 Å². The zero-order chi connectivity index (χ0) is 9.42. The maximum Gasteiger partial charge on any atom is 0.251 e. The predicted molar refractivity (Wildman–Crippen MR) is 48.2 cm³/mol. The molecule has 1 aromatic carbocycles. The molecular formula is C10H11NO2. The summed E-state index contributed by atoms with van der Waals surface area (Å²) in [6.45, 7) is 2.29. The van der Waals surface area contributed by atoms with Crippen molar-refractivity contribution in [3.8, 4) is 0 Å². The number of benzene rings is 1. The predicted octanol–water partition coefficient (Wildman–Crippen LogP) is 0.983. The van der Waals surface area contributed by atoms with Crippen molar-refractivity contribution in [3.05, 3.63) is 34.9 Å². The van der Waals surface area contributed by atoms with Gasteiger partial charge in [-0.3, -0.25) is 4.79 Å². The fourth-order valence-electron chi connectivity index (χ4n) is 1.51. The van der Waals surface area contributed by atoms with Crippen LogP contribution in [0.3, 0.4) is 0 Å². The Bertz CT molecular complexity index is 358. The van der Waals surface area contributed by atoms with Crippen LogP contribution in [0.5, 0.6) is 0 Å². The third kappa shape index (κ3) is 1.31. The Morgan fingerprint density at radius 2 is 2.31 bits per heavy atom. The smallest absolute Gasteiger partial charge is 0.251 e.